The summed E-state index contributed by atoms with van der Waals surface area (Å²) in [5.74, 6) is 0.535. The third-order valence-corrected chi connectivity index (χ3v) is 3.29. The Balaban J connectivity index is 1.73. The summed E-state index contributed by atoms with van der Waals surface area (Å²) in [7, 11) is 0. The minimum atomic E-state index is -0.463. The van der Waals surface area contributed by atoms with Gasteiger partial charge in [0.25, 0.3) is 0 Å². The maximum atomic E-state index is 11.9. The van der Waals surface area contributed by atoms with E-state index in [4.69, 9.17) is 4.74 Å². The van der Waals surface area contributed by atoms with E-state index in [1.54, 1.807) is 12.1 Å². The maximum absolute atomic E-state index is 11.9. The number of carbonyl (C=O) groups excluding carboxylic acids is 1. The topological polar surface area (TPSA) is 50.4 Å². The number of rotatable bonds is 2. The van der Waals surface area contributed by atoms with E-state index >= 15 is 0 Å². The largest absolute Gasteiger partial charge is 0.417 e. The molecule has 1 heterocycles. The van der Waals surface area contributed by atoms with E-state index < -0.39 is 6.09 Å². The van der Waals surface area contributed by atoms with Crippen LogP contribution in [0.15, 0.2) is 48.5 Å². The highest BCUT2D eigenvalue weighted by Gasteiger charge is 2.14. The van der Waals surface area contributed by atoms with E-state index in [-0.39, 0.29) is 0 Å². The van der Waals surface area contributed by atoms with Gasteiger partial charge in [0.2, 0.25) is 0 Å². The summed E-state index contributed by atoms with van der Waals surface area (Å²) in [5, 5.41) is 6.15. The SMILES string of the molecule is O=C(Nc1cccc2c1CCCN2)Oc1ccccc1. The van der Waals surface area contributed by atoms with Crippen molar-refractivity contribution >= 4 is 17.5 Å². The van der Waals surface area contributed by atoms with Gasteiger partial charge in [-0.3, -0.25) is 5.32 Å². The van der Waals surface area contributed by atoms with Gasteiger partial charge in [-0.05, 0) is 42.7 Å². The van der Waals surface area contributed by atoms with Gasteiger partial charge >= 0.3 is 6.09 Å². The van der Waals surface area contributed by atoms with Crippen LogP contribution in [0.3, 0.4) is 0 Å². The fourth-order valence-corrected chi connectivity index (χ4v) is 2.36. The number of carbonyl (C=O) groups is 1. The number of fused-ring (bicyclic) bond motifs is 1. The number of para-hydroxylation sites is 1. The fourth-order valence-electron chi connectivity index (χ4n) is 2.36. The predicted molar refractivity (Wildman–Crippen MR) is 79.3 cm³/mol. The highest BCUT2D eigenvalue weighted by atomic mass is 16.6. The van der Waals surface area contributed by atoms with E-state index in [1.165, 1.54) is 0 Å². The minimum absolute atomic E-state index is 0.463. The minimum Gasteiger partial charge on any atom is -0.410 e. The first-order chi connectivity index (χ1) is 9.83. The number of hydrogen-bond donors (Lipinski definition) is 2. The van der Waals surface area contributed by atoms with Crippen LogP contribution in [0.4, 0.5) is 16.2 Å². The van der Waals surface area contributed by atoms with Gasteiger partial charge in [-0.15, -0.1) is 0 Å². The monoisotopic (exact) mass is 268 g/mol. The van der Waals surface area contributed by atoms with Gasteiger partial charge in [-0.2, -0.15) is 0 Å². The Kier molecular flexibility index (Phi) is 3.54. The Bertz CT molecular complexity index is 611. The summed E-state index contributed by atoms with van der Waals surface area (Å²) in [6, 6.07) is 14.9. The summed E-state index contributed by atoms with van der Waals surface area (Å²) in [6.45, 7) is 0.977. The average molecular weight is 268 g/mol. The van der Waals surface area contributed by atoms with Crippen molar-refractivity contribution < 1.29 is 9.53 Å². The molecule has 102 valence electrons. The number of benzene rings is 2. The second-order valence-electron chi connectivity index (χ2n) is 4.69. The first kappa shape index (κ1) is 12.5. The van der Waals surface area contributed by atoms with Crippen LogP contribution in [0, 0.1) is 0 Å². The molecule has 0 atom stereocenters. The van der Waals surface area contributed by atoms with Crippen molar-refractivity contribution in [1.82, 2.24) is 0 Å². The third kappa shape index (κ3) is 2.74. The van der Waals surface area contributed by atoms with E-state index in [2.05, 4.69) is 10.6 Å². The molecule has 2 aromatic carbocycles. The van der Waals surface area contributed by atoms with E-state index in [1.807, 2.05) is 36.4 Å². The Morgan fingerprint density at radius 1 is 1.10 bits per heavy atom. The van der Waals surface area contributed by atoms with Crippen LogP contribution in [0.5, 0.6) is 5.75 Å². The molecule has 0 aromatic heterocycles. The van der Waals surface area contributed by atoms with E-state index in [0.717, 1.165) is 36.3 Å². The number of nitrogens with one attached hydrogen (secondary N) is 2. The lowest BCUT2D eigenvalue weighted by Crippen LogP contribution is -2.20. The van der Waals surface area contributed by atoms with Crippen LogP contribution >= 0.6 is 0 Å². The molecule has 0 spiro atoms. The molecule has 2 N–H and O–H groups in total. The van der Waals surface area contributed by atoms with E-state index in [9.17, 15) is 4.79 Å². The second-order valence-corrected chi connectivity index (χ2v) is 4.69. The van der Waals surface area contributed by atoms with Gasteiger partial charge in [-0.1, -0.05) is 24.3 Å². The molecule has 3 rings (SSSR count). The second kappa shape index (κ2) is 5.65. The van der Waals surface area contributed by atoms with Crippen LogP contribution < -0.4 is 15.4 Å². The molecule has 1 amide bonds. The maximum Gasteiger partial charge on any atom is 0.417 e. The molecular formula is C16H16N2O2. The normalized spacial score (nSPS) is 13.0. The van der Waals surface area contributed by atoms with Crippen molar-refractivity contribution in [2.24, 2.45) is 0 Å². The highest BCUT2D eigenvalue weighted by Crippen LogP contribution is 2.29. The summed E-state index contributed by atoms with van der Waals surface area (Å²) in [6.07, 6.45) is 1.57. The summed E-state index contributed by atoms with van der Waals surface area (Å²) < 4.78 is 5.24. The average Bonchev–Trinajstić information content (AvgIpc) is 2.48. The van der Waals surface area contributed by atoms with Crippen molar-refractivity contribution in [3.05, 3.63) is 54.1 Å². The molecule has 1 aliphatic rings. The molecule has 0 bridgehead atoms. The molecule has 0 radical (unpaired) electrons. The van der Waals surface area contributed by atoms with E-state index in [0.29, 0.717) is 5.75 Å². The smallest absolute Gasteiger partial charge is 0.410 e. The number of hydrogen-bond acceptors (Lipinski definition) is 3. The van der Waals surface area contributed by atoms with Crippen molar-refractivity contribution in [2.75, 3.05) is 17.2 Å². The van der Waals surface area contributed by atoms with Crippen molar-refractivity contribution in [2.45, 2.75) is 12.8 Å². The Labute approximate surface area is 117 Å². The molecule has 0 saturated carbocycles. The Morgan fingerprint density at radius 3 is 2.80 bits per heavy atom. The molecule has 0 saturated heterocycles. The fraction of sp³-hybridized carbons (Fsp3) is 0.188. The molecular weight excluding hydrogens is 252 g/mol. The van der Waals surface area contributed by atoms with Crippen LogP contribution in [0.25, 0.3) is 0 Å². The number of amides is 1. The van der Waals surface area contributed by atoms with Gasteiger partial charge in [0.05, 0.1) is 0 Å². The lowest BCUT2D eigenvalue weighted by molar-refractivity contribution is 0.215. The lowest BCUT2D eigenvalue weighted by Gasteiger charge is -2.21. The van der Waals surface area contributed by atoms with Crippen LogP contribution in [-0.2, 0) is 6.42 Å². The number of anilines is 2. The predicted octanol–water partition coefficient (Wildman–Crippen LogP) is 3.66. The summed E-state index contributed by atoms with van der Waals surface area (Å²) in [5.41, 5.74) is 3.05. The molecule has 20 heavy (non-hydrogen) atoms. The van der Waals surface area contributed by atoms with Crippen LogP contribution in [0.2, 0.25) is 0 Å². The zero-order valence-electron chi connectivity index (χ0n) is 11.1. The summed E-state index contributed by atoms with van der Waals surface area (Å²) >= 11 is 0. The lowest BCUT2D eigenvalue weighted by atomic mass is 10.0. The van der Waals surface area contributed by atoms with Crippen molar-refractivity contribution in [1.29, 1.82) is 0 Å². The van der Waals surface area contributed by atoms with Gasteiger partial charge in [-0.25, -0.2) is 4.79 Å². The molecule has 2 aromatic rings. The third-order valence-electron chi connectivity index (χ3n) is 3.29. The number of ether oxygens (including phenoxy) is 1. The van der Waals surface area contributed by atoms with Gasteiger partial charge in [0, 0.05) is 17.9 Å². The first-order valence-corrected chi connectivity index (χ1v) is 6.72. The molecule has 0 fully saturated rings. The van der Waals surface area contributed by atoms with Crippen LogP contribution in [-0.4, -0.2) is 12.6 Å². The quantitative estimate of drug-likeness (QED) is 0.874. The zero-order chi connectivity index (χ0) is 13.8. The van der Waals surface area contributed by atoms with Gasteiger partial charge < -0.3 is 10.1 Å². The highest BCUT2D eigenvalue weighted by molar-refractivity contribution is 5.88. The summed E-state index contributed by atoms with van der Waals surface area (Å²) in [4.78, 5) is 11.9. The molecule has 1 aliphatic heterocycles. The standard InChI is InChI=1S/C16H16N2O2/c19-16(20-12-6-2-1-3-7-12)18-15-10-4-9-14-13(15)8-5-11-17-14/h1-4,6-7,9-10,17H,5,8,11H2,(H,18,19). The molecule has 4 nitrogen and oxygen atoms in total. The Hall–Kier alpha value is -2.49. The Morgan fingerprint density at radius 2 is 1.95 bits per heavy atom. The zero-order valence-corrected chi connectivity index (χ0v) is 11.1. The molecule has 0 unspecified atom stereocenters. The molecule has 0 aliphatic carbocycles. The van der Waals surface area contributed by atoms with Crippen LogP contribution in [0.1, 0.15) is 12.0 Å². The van der Waals surface area contributed by atoms with Gasteiger partial charge in [0.15, 0.2) is 0 Å². The first-order valence-electron chi connectivity index (χ1n) is 6.72. The van der Waals surface area contributed by atoms with Gasteiger partial charge in [0.1, 0.15) is 5.75 Å². The molecule has 4 heteroatoms. The van der Waals surface area contributed by atoms with Crippen molar-refractivity contribution in [3.8, 4) is 5.75 Å². The van der Waals surface area contributed by atoms with Crippen molar-refractivity contribution in [3.63, 3.8) is 0 Å².